The third-order valence-electron chi connectivity index (χ3n) is 3.70. The topological polar surface area (TPSA) is 69.6 Å². The average Bonchev–Trinajstić information content (AvgIpc) is 2.94. The van der Waals surface area contributed by atoms with Crippen molar-refractivity contribution in [3.8, 4) is 11.8 Å². The Labute approximate surface area is 143 Å². The van der Waals surface area contributed by atoms with Crippen LogP contribution in [0.4, 0.5) is 0 Å². The van der Waals surface area contributed by atoms with Crippen LogP contribution in [0.1, 0.15) is 49.0 Å². The van der Waals surface area contributed by atoms with E-state index in [1.54, 1.807) is 38.1 Å². The molecule has 24 heavy (non-hydrogen) atoms. The van der Waals surface area contributed by atoms with Crippen molar-refractivity contribution in [3.63, 3.8) is 0 Å². The van der Waals surface area contributed by atoms with Crippen LogP contribution in [-0.2, 0) is 4.79 Å². The number of rotatable bonds is 5. The van der Waals surface area contributed by atoms with Crippen LogP contribution >= 0.6 is 0 Å². The molecule has 1 heterocycles. The minimum atomic E-state index is -1.06. The Kier molecular flexibility index (Phi) is 5.99. The molecule has 1 aliphatic rings. The van der Waals surface area contributed by atoms with E-state index in [1.807, 2.05) is 4.90 Å². The quantitative estimate of drug-likeness (QED) is 0.636. The van der Waals surface area contributed by atoms with Gasteiger partial charge < -0.3 is 15.3 Å². The summed E-state index contributed by atoms with van der Waals surface area (Å²) in [5, 5.41) is 12.5. The van der Waals surface area contributed by atoms with E-state index in [4.69, 9.17) is 0 Å². The lowest BCUT2D eigenvalue weighted by Gasteiger charge is -2.15. The van der Waals surface area contributed by atoms with Crippen molar-refractivity contribution in [1.82, 2.24) is 10.2 Å². The van der Waals surface area contributed by atoms with Gasteiger partial charge in [0.2, 0.25) is 5.91 Å². The Bertz CT molecular complexity index is 665. The highest BCUT2D eigenvalue weighted by Crippen LogP contribution is 2.09. The molecule has 2 N–H and O–H groups in total. The number of hydrogen-bond acceptors (Lipinski definition) is 3. The fourth-order valence-electron chi connectivity index (χ4n) is 2.48. The Balaban J connectivity index is 1.83. The van der Waals surface area contributed by atoms with Gasteiger partial charge in [0.05, 0.1) is 0 Å². The fraction of sp³-hybridized carbons (Fsp3) is 0.474. The van der Waals surface area contributed by atoms with E-state index in [1.165, 1.54) is 0 Å². The number of likely N-dealkylation sites (tertiary alicyclic amines) is 1. The monoisotopic (exact) mass is 328 g/mol. The summed E-state index contributed by atoms with van der Waals surface area (Å²) in [6.45, 7) is 5.27. The largest absolute Gasteiger partial charge is 0.378 e. The van der Waals surface area contributed by atoms with E-state index in [2.05, 4.69) is 17.2 Å². The molecule has 0 unspecified atom stereocenters. The van der Waals surface area contributed by atoms with Crippen LogP contribution in [0, 0.1) is 11.8 Å². The van der Waals surface area contributed by atoms with Crippen LogP contribution in [0.5, 0.6) is 0 Å². The second-order valence-electron chi connectivity index (χ2n) is 6.48. The highest BCUT2D eigenvalue weighted by molar-refractivity contribution is 5.94. The fourth-order valence-corrected chi connectivity index (χ4v) is 2.48. The van der Waals surface area contributed by atoms with Gasteiger partial charge in [-0.05, 0) is 44.9 Å². The lowest BCUT2D eigenvalue weighted by atomic mass is 10.1. The number of nitrogens with one attached hydrogen (secondary N) is 1. The standard InChI is InChI=1S/C19H24N2O3/c1-19(2,24)10-9-15-6-3-7-16(14-15)18(23)20-11-5-13-21-12-4-8-17(21)22/h3,6-7,14,24H,4-5,8,11-13H2,1-2H3,(H,20,23). The maximum atomic E-state index is 12.2. The Morgan fingerprint density at radius 3 is 2.88 bits per heavy atom. The van der Waals surface area contributed by atoms with Gasteiger partial charge in [0.25, 0.3) is 5.91 Å². The van der Waals surface area contributed by atoms with Crippen LogP contribution in [0.3, 0.4) is 0 Å². The zero-order chi connectivity index (χ0) is 17.6. The summed E-state index contributed by atoms with van der Waals surface area (Å²) in [5.41, 5.74) is 0.160. The first-order valence-corrected chi connectivity index (χ1v) is 8.27. The second-order valence-corrected chi connectivity index (χ2v) is 6.48. The lowest BCUT2D eigenvalue weighted by Crippen LogP contribution is -2.30. The van der Waals surface area contributed by atoms with E-state index in [-0.39, 0.29) is 11.8 Å². The Morgan fingerprint density at radius 1 is 1.42 bits per heavy atom. The van der Waals surface area contributed by atoms with Crippen molar-refractivity contribution in [3.05, 3.63) is 35.4 Å². The highest BCUT2D eigenvalue weighted by atomic mass is 16.3. The van der Waals surface area contributed by atoms with Crippen LogP contribution in [0.25, 0.3) is 0 Å². The molecule has 1 aromatic carbocycles. The first-order chi connectivity index (χ1) is 11.3. The van der Waals surface area contributed by atoms with Crippen molar-refractivity contribution >= 4 is 11.8 Å². The summed E-state index contributed by atoms with van der Waals surface area (Å²) in [6.07, 6.45) is 2.32. The zero-order valence-electron chi connectivity index (χ0n) is 14.3. The molecule has 2 amide bonds. The van der Waals surface area contributed by atoms with Gasteiger partial charge in [-0.3, -0.25) is 9.59 Å². The van der Waals surface area contributed by atoms with Crippen molar-refractivity contribution < 1.29 is 14.7 Å². The molecular weight excluding hydrogens is 304 g/mol. The van der Waals surface area contributed by atoms with Gasteiger partial charge in [0.1, 0.15) is 5.60 Å². The molecular formula is C19H24N2O3. The minimum Gasteiger partial charge on any atom is -0.378 e. The molecule has 128 valence electrons. The van der Waals surface area contributed by atoms with Gasteiger partial charge in [0.15, 0.2) is 0 Å². The second kappa shape index (κ2) is 7.98. The van der Waals surface area contributed by atoms with E-state index < -0.39 is 5.60 Å². The Morgan fingerprint density at radius 2 is 2.21 bits per heavy atom. The molecule has 2 rings (SSSR count). The average molecular weight is 328 g/mol. The molecule has 1 fully saturated rings. The third kappa shape index (κ3) is 5.71. The van der Waals surface area contributed by atoms with E-state index >= 15 is 0 Å². The molecule has 1 saturated heterocycles. The summed E-state index contributed by atoms with van der Waals surface area (Å²) in [6, 6.07) is 7.01. The number of amides is 2. The molecule has 0 aromatic heterocycles. The summed E-state index contributed by atoms with van der Waals surface area (Å²) < 4.78 is 0. The lowest BCUT2D eigenvalue weighted by molar-refractivity contribution is -0.127. The molecule has 0 bridgehead atoms. The van der Waals surface area contributed by atoms with Gasteiger partial charge in [-0.2, -0.15) is 0 Å². The molecule has 5 nitrogen and oxygen atoms in total. The van der Waals surface area contributed by atoms with Crippen molar-refractivity contribution in [1.29, 1.82) is 0 Å². The van der Waals surface area contributed by atoms with Crippen molar-refractivity contribution in [2.45, 2.75) is 38.7 Å². The molecule has 0 aliphatic carbocycles. The van der Waals surface area contributed by atoms with Crippen LogP contribution in [-0.4, -0.2) is 47.1 Å². The highest BCUT2D eigenvalue weighted by Gasteiger charge is 2.19. The minimum absolute atomic E-state index is 0.158. The van der Waals surface area contributed by atoms with Crippen molar-refractivity contribution in [2.24, 2.45) is 0 Å². The smallest absolute Gasteiger partial charge is 0.251 e. The molecule has 1 aromatic rings. The zero-order valence-corrected chi connectivity index (χ0v) is 14.3. The summed E-state index contributed by atoms with van der Waals surface area (Å²) in [4.78, 5) is 25.5. The number of carbonyl (C=O) groups is 2. The van der Waals surface area contributed by atoms with Gasteiger partial charge in [-0.25, -0.2) is 0 Å². The van der Waals surface area contributed by atoms with Crippen LogP contribution in [0.2, 0.25) is 0 Å². The molecule has 0 radical (unpaired) electrons. The molecule has 0 spiro atoms. The van der Waals surface area contributed by atoms with Gasteiger partial charge in [-0.15, -0.1) is 0 Å². The van der Waals surface area contributed by atoms with Crippen LogP contribution in [0.15, 0.2) is 24.3 Å². The number of nitrogens with zero attached hydrogens (tertiary/aromatic N) is 1. The predicted octanol–water partition coefficient (Wildman–Crippen LogP) is 1.55. The molecule has 0 atom stereocenters. The van der Waals surface area contributed by atoms with E-state index in [9.17, 15) is 14.7 Å². The third-order valence-corrected chi connectivity index (χ3v) is 3.70. The van der Waals surface area contributed by atoms with E-state index in [0.717, 1.165) is 19.4 Å². The first kappa shape index (κ1) is 18.0. The molecule has 0 saturated carbocycles. The maximum absolute atomic E-state index is 12.2. The number of benzene rings is 1. The summed E-state index contributed by atoms with van der Waals surface area (Å²) >= 11 is 0. The summed E-state index contributed by atoms with van der Waals surface area (Å²) in [7, 11) is 0. The normalized spacial score (nSPS) is 14.3. The Hall–Kier alpha value is -2.32. The number of aliphatic hydroxyl groups is 1. The maximum Gasteiger partial charge on any atom is 0.251 e. The number of carbonyl (C=O) groups excluding carboxylic acids is 2. The van der Waals surface area contributed by atoms with E-state index in [0.29, 0.717) is 30.6 Å². The van der Waals surface area contributed by atoms with Gasteiger partial charge in [0, 0.05) is 37.2 Å². The predicted molar refractivity (Wildman–Crippen MR) is 92.4 cm³/mol. The first-order valence-electron chi connectivity index (χ1n) is 8.27. The molecule has 5 heteroatoms. The number of hydrogen-bond donors (Lipinski definition) is 2. The summed E-state index contributed by atoms with van der Waals surface area (Å²) in [5.74, 6) is 5.64. The van der Waals surface area contributed by atoms with Gasteiger partial charge in [-0.1, -0.05) is 17.9 Å². The van der Waals surface area contributed by atoms with Crippen molar-refractivity contribution in [2.75, 3.05) is 19.6 Å². The van der Waals surface area contributed by atoms with Crippen LogP contribution < -0.4 is 5.32 Å². The molecule has 1 aliphatic heterocycles. The SMILES string of the molecule is CC(C)(O)C#Cc1cccc(C(=O)NCCCN2CCCC2=O)c1. The van der Waals surface area contributed by atoms with Gasteiger partial charge >= 0.3 is 0 Å².